The average Bonchev–Trinajstić information content (AvgIpc) is 3.17. The molecule has 0 atom stereocenters. The number of hydrogen-bond acceptors (Lipinski definition) is 4. The Labute approximate surface area is 180 Å². The first-order valence-corrected chi connectivity index (χ1v) is 10.7. The van der Waals surface area contributed by atoms with Crippen molar-refractivity contribution in [3.8, 4) is 5.88 Å². The summed E-state index contributed by atoms with van der Waals surface area (Å²) in [6.45, 7) is 2.40. The first-order chi connectivity index (χ1) is 14.5. The second-order valence-corrected chi connectivity index (χ2v) is 8.08. The van der Waals surface area contributed by atoms with Crippen LogP contribution in [0.25, 0.3) is 5.65 Å². The molecule has 1 amide bonds. The maximum atomic E-state index is 12.7. The average molecular weight is 425 g/mol. The van der Waals surface area contributed by atoms with Gasteiger partial charge in [0.2, 0.25) is 5.88 Å². The zero-order valence-electron chi connectivity index (χ0n) is 17.0. The van der Waals surface area contributed by atoms with E-state index in [1.807, 2.05) is 31.2 Å². The van der Waals surface area contributed by atoms with Gasteiger partial charge < -0.3 is 10.4 Å². The van der Waals surface area contributed by atoms with Crippen LogP contribution in [-0.2, 0) is 6.42 Å². The lowest BCUT2D eigenvalue weighted by atomic mass is 9.97. The minimum atomic E-state index is -0.230. The summed E-state index contributed by atoms with van der Waals surface area (Å²) in [4.78, 5) is 17.2. The molecule has 1 aliphatic carbocycles. The van der Waals surface area contributed by atoms with E-state index in [2.05, 4.69) is 21.5 Å². The van der Waals surface area contributed by atoms with Crippen LogP contribution in [-0.4, -0.2) is 32.2 Å². The van der Waals surface area contributed by atoms with E-state index >= 15 is 0 Å². The van der Waals surface area contributed by atoms with E-state index in [1.54, 1.807) is 0 Å². The standard InChI is InChI=1S/C23H25ClN4O2/c1-15-18(13-17-9-5-6-10-20(17)24)23(30)28-21(27-15)19(14-26-28)22(29)25-12-11-16-7-3-2-4-8-16/h5-7,9-10,14,30H,2-4,8,11-13H2,1H3,(H,25,29). The van der Waals surface area contributed by atoms with Gasteiger partial charge >= 0.3 is 0 Å². The second-order valence-electron chi connectivity index (χ2n) is 7.68. The van der Waals surface area contributed by atoms with Gasteiger partial charge in [-0.3, -0.25) is 4.79 Å². The van der Waals surface area contributed by atoms with Crippen LogP contribution in [0.4, 0.5) is 0 Å². The SMILES string of the molecule is Cc1nc2c(C(=O)NCCC3=CCCCC3)cnn2c(O)c1Cc1ccccc1Cl. The number of halogens is 1. The number of nitrogens with zero attached hydrogens (tertiary/aromatic N) is 3. The van der Waals surface area contributed by atoms with E-state index in [0.29, 0.717) is 40.5 Å². The van der Waals surface area contributed by atoms with Gasteiger partial charge in [-0.05, 0) is 50.7 Å². The number of rotatable bonds is 6. The highest BCUT2D eigenvalue weighted by Crippen LogP contribution is 2.28. The summed E-state index contributed by atoms with van der Waals surface area (Å²) < 4.78 is 1.32. The summed E-state index contributed by atoms with van der Waals surface area (Å²) in [7, 11) is 0. The number of carbonyl (C=O) groups excluding carboxylic acids is 1. The zero-order valence-corrected chi connectivity index (χ0v) is 17.7. The minimum absolute atomic E-state index is 0.0242. The summed E-state index contributed by atoms with van der Waals surface area (Å²) in [6, 6.07) is 7.49. The van der Waals surface area contributed by atoms with Crippen molar-refractivity contribution >= 4 is 23.2 Å². The first kappa shape index (κ1) is 20.4. The molecule has 1 aromatic carbocycles. The van der Waals surface area contributed by atoms with Crippen LogP contribution in [0.15, 0.2) is 42.1 Å². The normalized spacial score (nSPS) is 14.0. The Morgan fingerprint density at radius 1 is 1.30 bits per heavy atom. The van der Waals surface area contributed by atoms with Gasteiger partial charge in [-0.1, -0.05) is 41.4 Å². The van der Waals surface area contributed by atoms with Gasteiger partial charge in [0.25, 0.3) is 5.91 Å². The maximum Gasteiger partial charge on any atom is 0.256 e. The van der Waals surface area contributed by atoms with Gasteiger partial charge in [0.05, 0.1) is 6.20 Å². The first-order valence-electron chi connectivity index (χ1n) is 10.3. The highest BCUT2D eigenvalue weighted by molar-refractivity contribution is 6.31. The molecule has 30 heavy (non-hydrogen) atoms. The quantitative estimate of drug-likeness (QED) is 0.566. The monoisotopic (exact) mass is 424 g/mol. The Morgan fingerprint density at radius 3 is 2.90 bits per heavy atom. The molecule has 0 bridgehead atoms. The van der Waals surface area contributed by atoms with Crippen LogP contribution in [0, 0.1) is 6.92 Å². The molecular formula is C23H25ClN4O2. The molecule has 156 valence electrons. The fraction of sp³-hybridized carbons (Fsp3) is 0.348. The number of aryl methyl sites for hydroxylation is 1. The van der Waals surface area contributed by atoms with Crippen molar-refractivity contribution in [2.45, 2.75) is 45.4 Å². The number of carbonyl (C=O) groups is 1. The number of nitrogens with one attached hydrogen (secondary N) is 1. The number of aromatic nitrogens is 3. The Balaban J connectivity index is 1.54. The molecule has 1 aliphatic rings. The summed E-state index contributed by atoms with van der Waals surface area (Å²) >= 11 is 6.27. The van der Waals surface area contributed by atoms with E-state index in [-0.39, 0.29) is 11.8 Å². The molecule has 7 heteroatoms. The van der Waals surface area contributed by atoms with Gasteiger partial charge in [-0.15, -0.1) is 0 Å². The van der Waals surface area contributed by atoms with E-state index in [9.17, 15) is 9.90 Å². The van der Waals surface area contributed by atoms with Crippen molar-refractivity contribution in [1.82, 2.24) is 19.9 Å². The molecule has 0 unspecified atom stereocenters. The molecular weight excluding hydrogens is 400 g/mol. The van der Waals surface area contributed by atoms with Crippen LogP contribution < -0.4 is 5.32 Å². The van der Waals surface area contributed by atoms with Gasteiger partial charge in [0.1, 0.15) is 5.56 Å². The minimum Gasteiger partial charge on any atom is -0.493 e. The lowest BCUT2D eigenvalue weighted by molar-refractivity contribution is 0.0955. The summed E-state index contributed by atoms with van der Waals surface area (Å²) in [6.07, 6.45) is 9.77. The fourth-order valence-electron chi connectivity index (χ4n) is 3.88. The Bertz CT molecular complexity index is 1120. The lowest BCUT2D eigenvalue weighted by Gasteiger charge is -2.13. The van der Waals surface area contributed by atoms with Crippen molar-refractivity contribution in [1.29, 1.82) is 0 Å². The third-order valence-electron chi connectivity index (χ3n) is 5.61. The Morgan fingerprint density at radius 2 is 2.13 bits per heavy atom. The largest absolute Gasteiger partial charge is 0.493 e. The van der Waals surface area contributed by atoms with Crippen LogP contribution in [0.2, 0.25) is 5.02 Å². The highest BCUT2D eigenvalue weighted by atomic mass is 35.5. The van der Waals surface area contributed by atoms with Crippen molar-refractivity contribution < 1.29 is 9.90 Å². The van der Waals surface area contributed by atoms with E-state index < -0.39 is 0 Å². The van der Waals surface area contributed by atoms with Crippen LogP contribution in [0.5, 0.6) is 5.88 Å². The van der Waals surface area contributed by atoms with Crippen LogP contribution >= 0.6 is 11.6 Å². The number of amides is 1. The smallest absolute Gasteiger partial charge is 0.256 e. The third kappa shape index (κ3) is 4.19. The van der Waals surface area contributed by atoms with Crippen molar-refractivity contribution in [3.63, 3.8) is 0 Å². The molecule has 0 saturated carbocycles. The van der Waals surface area contributed by atoms with Crippen LogP contribution in [0.3, 0.4) is 0 Å². The maximum absolute atomic E-state index is 12.7. The summed E-state index contributed by atoms with van der Waals surface area (Å²) in [5.41, 5.74) is 4.28. The van der Waals surface area contributed by atoms with Gasteiger partial charge in [-0.2, -0.15) is 9.61 Å². The fourth-order valence-corrected chi connectivity index (χ4v) is 4.09. The summed E-state index contributed by atoms with van der Waals surface area (Å²) in [5.74, 6) is -0.254. The molecule has 2 aromatic heterocycles. The Hall–Kier alpha value is -2.86. The van der Waals surface area contributed by atoms with E-state index in [4.69, 9.17) is 11.6 Å². The zero-order chi connectivity index (χ0) is 21.1. The van der Waals surface area contributed by atoms with Crippen molar-refractivity contribution in [3.05, 3.63) is 69.5 Å². The lowest BCUT2D eigenvalue weighted by Crippen LogP contribution is -2.25. The topological polar surface area (TPSA) is 79.5 Å². The molecule has 4 rings (SSSR count). The number of fused-ring (bicyclic) bond motifs is 1. The number of allylic oxidation sites excluding steroid dienone is 1. The molecule has 0 saturated heterocycles. The van der Waals surface area contributed by atoms with Gasteiger partial charge in [0.15, 0.2) is 5.65 Å². The number of benzene rings is 1. The molecule has 2 N–H and O–H groups in total. The molecule has 2 heterocycles. The van der Waals surface area contributed by atoms with Crippen molar-refractivity contribution in [2.24, 2.45) is 0 Å². The van der Waals surface area contributed by atoms with Crippen molar-refractivity contribution in [2.75, 3.05) is 6.54 Å². The van der Waals surface area contributed by atoms with E-state index in [0.717, 1.165) is 24.8 Å². The predicted molar refractivity (Wildman–Crippen MR) is 117 cm³/mol. The molecule has 0 spiro atoms. The molecule has 3 aromatic rings. The highest BCUT2D eigenvalue weighted by Gasteiger charge is 2.20. The molecule has 0 aliphatic heterocycles. The predicted octanol–water partition coefficient (Wildman–Crippen LogP) is 4.61. The third-order valence-corrected chi connectivity index (χ3v) is 5.98. The molecule has 0 radical (unpaired) electrons. The van der Waals surface area contributed by atoms with Gasteiger partial charge in [0, 0.05) is 29.2 Å². The number of hydrogen-bond donors (Lipinski definition) is 2. The molecule has 6 nitrogen and oxygen atoms in total. The number of aromatic hydroxyl groups is 1. The summed E-state index contributed by atoms with van der Waals surface area (Å²) in [5, 5.41) is 18.6. The van der Waals surface area contributed by atoms with Gasteiger partial charge in [-0.25, -0.2) is 4.98 Å². The molecule has 0 fully saturated rings. The second kappa shape index (κ2) is 8.88. The van der Waals surface area contributed by atoms with Crippen LogP contribution in [0.1, 0.15) is 59.3 Å². The Kier molecular flexibility index (Phi) is 6.04. The van der Waals surface area contributed by atoms with E-state index in [1.165, 1.54) is 29.1 Å².